The van der Waals surface area contributed by atoms with Gasteiger partial charge in [-0.15, -0.1) is 12.6 Å². The first-order valence-corrected chi connectivity index (χ1v) is 4.84. The van der Waals surface area contributed by atoms with Crippen molar-refractivity contribution >= 4 is 12.6 Å². The van der Waals surface area contributed by atoms with Crippen LogP contribution in [0, 0.1) is 6.92 Å². The van der Waals surface area contributed by atoms with Crippen LogP contribution in [0.5, 0.6) is 0 Å². The van der Waals surface area contributed by atoms with E-state index in [2.05, 4.69) is 12.6 Å². The summed E-state index contributed by atoms with van der Waals surface area (Å²) in [5.41, 5.74) is 5.74. The molecule has 78 valence electrons. The lowest BCUT2D eigenvalue weighted by Crippen LogP contribution is -2.37. The minimum Gasteiger partial charge on any atom is -0.396 e. The van der Waals surface area contributed by atoms with Gasteiger partial charge in [0.15, 0.2) is 0 Å². The molecule has 0 spiro atoms. The number of nitrogens with two attached hydrogens (primary N) is 1. The first-order valence-electron chi connectivity index (χ1n) is 4.39. The van der Waals surface area contributed by atoms with Crippen LogP contribution >= 0.6 is 12.6 Å². The highest BCUT2D eigenvalue weighted by Gasteiger charge is 2.24. The largest absolute Gasteiger partial charge is 0.396 e. The van der Waals surface area contributed by atoms with E-state index in [9.17, 15) is 5.11 Å². The Morgan fingerprint density at radius 1 is 1.50 bits per heavy atom. The van der Waals surface area contributed by atoms with Crippen LogP contribution in [0.2, 0.25) is 0 Å². The molecule has 0 aliphatic carbocycles. The summed E-state index contributed by atoms with van der Waals surface area (Å²) in [6.07, 6.45) is 0.101. The van der Waals surface area contributed by atoms with Crippen molar-refractivity contribution in [3.63, 3.8) is 0 Å². The third-order valence-electron chi connectivity index (χ3n) is 2.11. The molecule has 0 saturated carbocycles. The molecule has 0 heterocycles. The van der Waals surface area contributed by atoms with Crippen LogP contribution in [-0.4, -0.2) is 16.8 Å². The summed E-state index contributed by atoms with van der Waals surface area (Å²) in [4.78, 5) is 0.642. The highest BCUT2D eigenvalue weighted by molar-refractivity contribution is 7.80. The highest BCUT2D eigenvalue weighted by Crippen LogP contribution is 2.26. The van der Waals surface area contributed by atoms with E-state index in [-0.39, 0.29) is 13.0 Å². The molecule has 0 fully saturated rings. The Morgan fingerprint density at radius 3 is 2.64 bits per heavy atom. The summed E-state index contributed by atoms with van der Waals surface area (Å²) in [6.45, 7) is 1.78. The molecule has 14 heavy (non-hydrogen) atoms. The molecular formula is C10H15NO2S. The zero-order valence-corrected chi connectivity index (χ0v) is 8.96. The van der Waals surface area contributed by atoms with Crippen molar-refractivity contribution in [3.8, 4) is 0 Å². The van der Waals surface area contributed by atoms with Crippen LogP contribution in [0.15, 0.2) is 23.1 Å². The molecule has 4 heteroatoms. The van der Waals surface area contributed by atoms with Crippen molar-refractivity contribution in [2.75, 3.05) is 6.61 Å². The van der Waals surface area contributed by atoms with E-state index in [0.29, 0.717) is 10.5 Å². The van der Waals surface area contributed by atoms with Crippen LogP contribution < -0.4 is 5.73 Å². The van der Waals surface area contributed by atoms with Crippen molar-refractivity contribution < 1.29 is 10.2 Å². The Bertz CT molecular complexity index is 326. The molecule has 1 unspecified atom stereocenters. The Hall–Kier alpha value is -0.550. The number of aryl methyl sites for hydroxylation is 1. The van der Waals surface area contributed by atoms with Gasteiger partial charge in [-0.25, -0.2) is 0 Å². The van der Waals surface area contributed by atoms with Gasteiger partial charge in [-0.3, -0.25) is 5.73 Å². The Morgan fingerprint density at radius 2 is 2.14 bits per heavy atom. The predicted octanol–water partition coefficient (Wildman–Crippen LogP) is 0.770. The van der Waals surface area contributed by atoms with Crippen LogP contribution in [0.25, 0.3) is 0 Å². The Balaban J connectivity index is 3.06. The number of benzene rings is 1. The van der Waals surface area contributed by atoms with Gasteiger partial charge in [0.1, 0.15) is 5.72 Å². The number of thiol groups is 1. The fourth-order valence-corrected chi connectivity index (χ4v) is 1.78. The second kappa shape index (κ2) is 4.31. The van der Waals surface area contributed by atoms with E-state index < -0.39 is 5.72 Å². The van der Waals surface area contributed by atoms with Gasteiger partial charge >= 0.3 is 0 Å². The maximum absolute atomic E-state index is 9.83. The lowest BCUT2D eigenvalue weighted by atomic mass is 9.99. The molecule has 1 rings (SSSR count). The molecule has 3 nitrogen and oxygen atoms in total. The first kappa shape index (κ1) is 11.5. The standard InChI is InChI=1S/C10H15NO2S/c1-7-2-3-8(9(14)6-7)10(11,13)4-5-12/h2-3,6,12-14H,4-5,11H2,1H3. The SMILES string of the molecule is Cc1ccc(C(N)(O)CCO)c(S)c1. The number of rotatable bonds is 3. The third kappa shape index (κ3) is 2.48. The van der Waals surface area contributed by atoms with Crippen molar-refractivity contribution in [2.24, 2.45) is 5.73 Å². The Labute approximate surface area is 89.0 Å². The summed E-state index contributed by atoms with van der Waals surface area (Å²) in [6, 6.07) is 5.41. The van der Waals surface area contributed by atoms with Crippen molar-refractivity contribution in [1.82, 2.24) is 0 Å². The summed E-state index contributed by atoms with van der Waals surface area (Å²) < 4.78 is 0. The Kier molecular flexibility index (Phi) is 3.55. The monoisotopic (exact) mass is 213 g/mol. The lowest BCUT2D eigenvalue weighted by molar-refractivity contribution is 0.0153. The van der Waals surface area contributed by atoms with Crippen molar-refractivity contribution in [1.29, 1.82) is 0 Å². The van der Waals surface area contributed by atoms with Gasteiger partial charge in [0.2, 0.25) is 0 Å². The highest BCUT2D eigenvalue weighted by atomic mass is 32.1. The quantitative estimate of drug-likeness (QED) is 0.443. The third-order valence-corrected chi connectivity index (χ3v) is 2.48. The molecule has 0 bridgehead atoms. The van der Waals surface area contributed by atoms with Crippen molar-refractivity contribution in [3.05, 3.63) is 29.3 Å². The number of aliphatic hydroxyl groups excluding tert-OH is 1. The van der Waals surface area contributed by atoms with Gasteiger partial charge in [0, 0.05) is 23.5 Å². The normalized spacial score (nSPS) is 15.2. The summed E-state index contributed by atoms with van der Waals surface area (Å²) >= 11 is 4.23. The van der Waals surface area contributed by atoms with Gasteiger partial charge in [-0.05, 0) is 13.0 Å². The van der Waals surface area contributed by atoms with E-state index >= 15 is 0 Å². The van der Waals surface area contributed by atoms with E-state index in [0.717, 1.165) is 5.56 Å². The molecule has 0 aliphatic heterocycles. The molecule has 1 aromatic rings. The second-order valence-electron chi connectivity index (χ2n) is 3.42. The van der Waals surface area contributed by atoms with Gasteiger partial charge in [-0.1, -0.05) is 17.7 Å². The molecule has 1 atom stereocenters. The minimum absolute atomic E-state index is 0.101. The van der Waals surface area contributed by atoms with Crippen LogP contribution in [0.1, 0.15) is 17.5 Å². The lowest BCUT2D eigenvalue weighted by Gasteiger charge is -2.24. The fraction of sp³-hybridized carbons (Fsp3) is 0.400. The summed E-state index contributed by atoms with van der Waals surface area (Å²) in [5, 5.41) is 18.6. The molecular weight excluding hydrogens is 198 g/mol. The van der Waals surface area contributed by atoms with Crippen molar-refractivity contribution in [2.45, 2.75) is 24.0 Å². The zero-order chi connectivity index (χ0) is 10.8. The topological polar surface area (TPSA) is 66.5 Å². The predicted molar refractivity (Wildman–Crippen MR) is 58.2 cm³/mol. The van der Waals surface area contributed by atoms with Gasteiger partial charge in [-0.2, -0.15) is 0 Å². The number of hydrogen-bond donors (Lipinski definition) is 4. The molecule has 4 N–H and O–H groups in total. The average molecular weight is 213 g/mol. The second-order valence-corrected chi connectivity index (χ2v) is 3.90. The fourth-order valence-electron chi connectivity index (χ4n) is 1.31. The molecule has 0 amide bonds. The summed E-state index contributed by atoms with van der Waals surface area (Å²) in [5.74, 6) is 0. The number of hydrogen-bond acceptors (Lipinski definition) is 4. The molecule has 1 aromatic carbocycles. The van der Waals surface area contributed by atoms with E-state index in [1.807, 2.05) is 19.1 Å². The molecule has 0 saturated heterocycles. The van der Waals surface area contributed by atoms with Crippen LogP contribution in [0.3, 0.4) is 0 Å². The van der Waals surface area contributed by atoms with Gasteiger partial charge in [0.25, 0.3) is 0 Å². The van der Waals surface area contributed by atoms with Crippen LogP contribution in [-0.2, 0) is 5.72 Å². The van der Waals surface area contributed by atoms with Crippen LogP contribution in [0.4, 0.5) is 0 Å². The van der Waals surface area contributed by atoms with E-state index in [4.69, 9.17) is 10.8 Å². The minimum atomic E-state index is -1.50. The first-order chi connectivity index (χ1) is 6.47. The van der Waals surface area contributed by atoms with E-state index in [1.165, 1.54) is 0 Å². The maximum atomic E-state index is 9.83. The number of aliphatic hydroxyl groups is 2. The average Bonchev–Trinajstić information content (AvgIpc) is 2.02. The maximum Gasteiger partial charge on any atom is 0.142 e. The molecule has 0 aliphatic rings. The molecule has 0 aromatic heterocycles. The smallest absolute Gasteiger partial charge is 0.142 e. The molecule has 0 radical (unpaired) electrons. The zero-order valence-electron chi connectivity index (χ0n) is 8.07. The summed E-state index contributed by atoms with van der Waals surface area (Å²) in [7, 11) is 0. The van der Waals surface area contributed by atoms with Gasteiger partial charge in [0.05, 0.1) is 0 Å². The van der Waals surface area contributed by atoms with Gasteiger partial charge < -0.3 is 10.2 Å². The van der Waals surface area contributed by atoms with E-state index in [1.54, 1.807) is 6.07 Å².